The van der Waals surface area contributed by atoms with Crippen molar-refractivity contribution in [2.24, 2.45) is 0 Å². The van der Waals surface area contributed by atoms with E-state index in [9.17, 15) is 4.79 Å². The van der Waals surface area contributed by atoms with Gasteiger partial charge in [-0.3, -0.25) is 0 Å². The molecule has 0 aliphatic heterocycles. The number of carbonyl (C=O) groups is 1. The Morgan fingerprint density at radius 2 is 2.25 bits per heavy atom. The molecule has 0 bridgehead atoms. The number of hydrogen-bond donors (Lipinski definition) is 1. The van der Waals surface area contributed by atoms with Gasteiger partial charge in [0, 0.05) is 6.08 Å². The first-order valence-electron chi connectivity index (χ1n) is 2.95. The standard InChI is InChI=1S/C7H4Br2O3/c8-5-3-4(12-7(5)9)1-2-6(10)11/h1-3H,(H,10,11)/b2-1+. The van der Waals surface area contributed by atoms with Gasteiger partial charge in [0.2, 0.25) is 0 Å². The highest BCUT2D eigenvalue weighted by atomic mass is 79.9. The van der Waals surface area contributed by atoms with Gasteiger partial charge in [0.15, 0.2) is 4.67 Å². The zero-order valence-corrected chi connectivity index (χ0v) is 8.92. The van der Waals surface area contributed by atoms with Crippen molar-refractivity contribution >= 4 is 43.9 Å². The van der Waals surface area contributed by atoms with Crippen LogP contribution in [-0.2, 0) is 4.79 Å². The zero-order valence-electron chi connectivity index (χ0n) is 5.75. The third-order valence-electron chi connectivity index (χ3n) is 1.05. The van der Waals surface area contributed by atoms with Crippen molar-refractivity contribution in [2.75, 3.05) is 0 Å². The van der Waals surface area contributed by atoms with E-state index in [1.54, 1.807) is 6.07 Å². The highest BCUT2D eigenvalue weighted by Gasteiger charge is 2.02. The molecule has 0 aromatic carbocycles. The first-order valence-corrected chi connectivity index (χ1v) is 4.54. The summed E-state index contributed by atoms with van der Waals surface area (Å²) in [7, 11) is 0. The second-order valence-electron chi connectivity index (χ2n) is 1.94. The van der Waals surface area contributed by atoms with Gasteiger partial charge in [-0.1, -0.05) is 0 Å². The van der Waals surface area contributed by atoms with Crippen LogP contribution in [0.15, 0.2) is 25.7 Å². The first-order chi connectivity index (χ1) is 5.59. The fraction of sp³-hybridized carbons (Fsp3) is 0. The molecular formula is C7H4Br2O3. The third-order valence-corrected chi connectivity index (χ3v) is 2.76. The van der Waals surface area contributed by atoms with E-state index in [0.717, 1.165) is 10.5 Å². The molecule has 1 N–H and O–H groups in total. The van der Waals surface area contributed by atoms with Crippen LogP contribution in [0.2, 0.25) is 0 Å². The number of aliphatic carboxylic acids is 1. The summed E-state index contributed by atoms with van der Waals surface area (Å²) in [5.41, 5.74) is 0. The number of halogens is 2. The van der Waals surface area contributed by atoms with Gasteiger partial charge in [-0.15, -0.1) is 0 Å². The minimum Gasteiger partial charge on any atom is -0.478 e. The van der Waals surface area contributed by atoms with E-state index in [0.29, 0.717) is 10.4 Å². The molecule has 1 aromatic heterocycles. The van der Waals surface area contributed by atoms with Gasteiger partial charge in [0.1, 0.15) is 5.76 Å². The second kappa shape index (κ2) is 3.91. The summed E-state index contributed by atoms with van der Waals surface area (Å²) in [5, 5.41) is 8.30. The largest absolute Gasteiger partial charge is 0.478 e. The predicted octanol–water partition coefficient (Wildman–Crippen LogP) is 2.90. The molecule has 1 heterocycles. The molecule has 1 rings (SSSR count). The minimum atomic E-state index is -1.00. The normalized spacial score (nSPS) is 10.8. The molecule has 0 amide bonds. The monoisotopic (exact) mass is 294 g/mol. The minimum absolute atomic E-state index is 0.483. The van der Waals surface area contributed by atoms with Crippen molar-refractivity contribution in [3.8, 4) is 0 Å². The summed E-state index contributed by atoms with van der Waals surface area (Å²) >= 11 is 6.33. The smallest absolute Gasteiger partial charge is 0.328 e. The topological polar surface area (TPSA) is 50.4 Å². The van der Waals surface area contributed by atoms with Crippen LogP contribution in [0, 0.1) is 0 Å². The maximum absolute atomic E-state index is 10.1. The van der Waals surface area contributed by atoms with E-state index in [4.69, 9.17) is 9.52 Å². The highest BCUT2D eigenvalue weighted by molar-refractivity contribution is 9.13. The van der Waals surface area contributed by atoms with Crippen LogP contribution in [0.25, 0.3) is 6.08 Å². The van der Waals surface area contributed by atoms with Crippen LogP contribution in [0.5, 0.6) is 0 Å². The average Bonchev–Trinajstić information content (AvgIpc) is 2.28. The van der Waals surface area contributed by atoms with Crippen molar-refractivity contribution in [3.63, 3.8) is 0 Å². The lowest BCUT2D eigenvalue weighted by molar-refractivity contribution is -0.131. The molecule has 0 spiro atoms. The van der Waals surface area contributed by atoms with Crippen molar-refractivity contribution in [3.05, 3.63) is 27.0 Å². The number of carboxylic acid groups (broad SMARTS) is 1. The molecule has 0 saturated heterocycles. The maximum atomic E-state index is 10.1. The Balaban J connectivity index is 2.83. The molecule has 0 aliphatic rings. The molecule has 64 valence electrons. The number of furan rings is 1. The zero-order chi connectivity index (χ0) is 9.14. The maximum Gasteiger partial charge on any atom is 0.328 e. The molecule has 0 unspecified atom stereocenters. The molecular weight excluding hydrogens is 292 g/mol. The summed E-state index contributed by atoms with van der Waals surface area (Å²) in [5.74, 6) is -0.519. The lowest BCUT2D eigenvalue weighted by atomic mass is 10.4. The molecule has 0 fully saturated rings. The fourth-order valence-electron chi connectivity index (χ4n) is 0.599. The van der Waals surface area contributed by atoms with Crippen molar-refractivity contribution < 1.29 is 14.3 Å². The van der Waals surface area contributed by atoms with E-state index in [1.807, 2.05) is 0 Å². The van der Waals surface area contributed by atoms with E-state index in [-0.39, 0.29) is 0 Å². The molecule has 3 nitrogen and oxygen atoms in total. The summed E-state index contributed by atoms with van der Waals surface area (Å²) in [6, 6.07) is 1.67. The Morgan fingerprint density at radius 1 is 1.58 bits per heavy atom. The molecule has 0 atom stereocenters. The fourth-order valence-corrected chi connectivity index (χ4v) is 1.21. The Kier molecular flexibility index (Phi) is 3.11. The molecule has 5 heteroatoms. The van der Waals surface area contributed by atoms with Crippen LogP contribution in [0.1, 0.15) is 5.76 Å². The lowest BCUT2D eigenvalue weighted by Crippen LogP contribution is -1.84. The van der Waals surface area contributed by atoms with Crippen LogP contribution in [0.4, 0.5) is 0 Å². The highest BCUT2D eigenvalue weighted by Crippen LogP contribution is 2.27. The SMILES string of the molecule is O=C(O)/C=C/c1cc(Br)c(Br)o1. The molecule has 0 saturated carbocycles. The van der Waals surface area contributed by atoms with Crippen LogP contribution in [0.3, 0.4) is 0 Å². The molecule has 0 aliphatic carbocycles. The number of rotatable bonds is 2. The number of hydrogen-bond acceptors (Lipinski definition) is 2. The third kappa shape index (κ3) is 2.49. The van der Waals surface area contributed by atoms with Crippen LogP contribution >= 0.6 is 31.9 Å². The van der Waals surface area contributed by atoms with Gasteiger partial charge in [-0.25, -0.2) is 4.79 Å². The Bertz CT molecular complexity index is 308. The quantitative estimate of drug-likeness (QED) is 0.854. The summed E-state index contributed by atoms with van der Waals surface area (Å²) in [4.78, 5) is 10.1. The lowest BCUT2D eigenvalue weighted by Gasteiger charge is -1.81. The first kappa shape index (κ1) is 9.54. The summed E-state index contributed by atoms with van der Waals surface area (Å²) < 4.78 is 6.39. The van der Waals surface area contributed by atoms with E-state index in [1.165, 1.54) is 6.08 Å². The van der Waals surface area contributed by atoms with E-state index >= 15 is 0 Å². The Morgan fingerprint density at radius 3 is 2.67 bits per heavy atom. The van der Waals surface area contributed by atoms with Gasteiger partial charge in [-0.05, 0) is 44.0 Å². The van der Waals surface area contributed by atoms with Gasteiger partial charge in [-0.2, -0.15) is 0 Å². The Hall–Kier alpha value is -0.550. The van der Waals surface area contributed by atoms with Crippen molar-refractivity contribution in [1.29, 1.82) is 0 Å². The van der Waals surface area contributed by atoms with E-state index in [2.05, 4.69) is 31.9 Å². The van der Waals surface area contributed by atoms with Gasteiger partial charge < -0.3 is 9.52 Å². The molecule has 0 radical (unpaired) electrons. The summed E-state index contributed by atoms with van der Waals surface area (Å²) in [6.07, 6.45) is 2.38. The van der Waals surface area contributed by atoms with E-state index < -0.39 is 5.97 Å². The average molecular weight is 296 g/mol. The van der Waals surface area contributed by atoms with Crippen LogP contribution in [-0.4, -0.2) is 11.1 Å². The van der Waals surface area contributed by atoms with Gasteiger partial charge in [0.25, 0.3) is 0 Å². The van der Waals surface area contributed by atoms with Crippen LogP contribution < -0.4 is 0 Å². The Labute approximate surface area is 85.3 Å². The molecule has 1 aromatic rings. The summed E-state index contributed by atoms with van der Waals surface area (Å²) in [6.45, 7) is 0. The number of carboxylic acids is 1. The van der Waals surface area contributed by atoms with Gasteiger partial charge >= 0.3 is 5.97 Å². The molecule has 12 heavy (non-hydrogen) atoms. The second-order valence-corrected chi connectivity index (χ2v) is 3.52. The van der Waals surface area contributed by atoms with Gasteiger partial charge in [0.05, 0.1) is 4.47 Å². The van der Waals surface area contributed by atoms with Crippen molar-refractivity contribution in [1.82, 2.24) is 0 Å². The predicted molar refractivity (Wildman–Crippen MR) is 50.8 cm³/mol. The van der Waals surface area contributed by atoms with Crippen molar-refractivity contribution in [2.45, 2.75) is 0 Å².